The Morgan fingerprint density at radius 2 is 1.96 bits per heavy atom. The van der Waals surface area contributed by atoms with Crippen molar-refractivity contribution in [3.63, 3.8) is 0 Å². The third kappa shape index (κ3) is 3.14. The highest BCUT2D eigenvalue weighted by molar-refractivity contribution is 14.1. The van der Waals surface area contributed by atoms with Crippen molar-refractivity contribution in [1.29, 1.82) is 0 Å². The molecule has 0 saturated carbocycles. The molecule has 23 heavy (non-hydrogen) atoms. The van der Waals surface area contributed by atoms with E-state index >= 15 is 0 Å². The highest BCUT2D eigenvalue weighted by atomic mass is 127. The van der Waals surface area contributed by atoms with Crippen molar-refractivity contribution in [1.82, 2.24) is 5.16 Å². The van der Waals surface area contributed by atoms with Gasteiger partial charge in [0, 0.05) is 14.8 Å². The maximum absolute atomic E-state index is 14.3. The van der Waals surface area contributed by atoms with E-state index in [4.69, 9.17) is 4.52 Å². The molecule has 0 unspecified atom stereocenters. The van der Waals surface area contributed by atoms with E-state index in [9.17, 15) is 13.6 Å². The van der Waals surface area contributed by atoms with Gasteiger partial charge < -0.3 is 9.84 Å². The van der Waals surface area contributed by atoms with Gasteiger partial charge in [-0.3, -0.25) is 4.79 Å². The van der Waals surface area contributed by atoms with Crippen LogP contribution in [0.5, 0.6) is 0 Å². The van der Waals surface area contributed by atoms with E-state index in [0.717, 1.165) is 15.2 Å². The lowest BCUT2D eigenvalue weighted by atomic mass is 10.1. The van der Waals surface area contributed by atoms with E-state index in [1.165, 1.54) is 12.1 Å². The van der Waals surface area contributed by atoms with Gasteiger partial charge in [0.05, 0.1) is 11.8 Å². The van der Waals surface area contributed by atoms with Crippen LogP contribution in [0.3, 0.4) is 0 Å². The number of H-pyrrole nitrogens is 1. The topological polar surface area (TPSA) is 58.0 Å². The summed E-state index contributed by atoms with van der Waals surface area (Å²) in [6.45, 7) is 1.86. The molecule has 2 aromatic carbocycles. The number of hydrogen-bond acceptors (Lipinski definition) is 3. The summed E-state index contributed by atoms with van der Waals surface area (Å²) >= 11 is 2.17. The van der Waals surface area contributed by atoms with Crippen molar-refractivity contribution in [2.24, 2.45) is 0 Å². The average molecular weight is 428 g/mol. The van der Waals surface area contributed by atoms with Gasteiger partial charge in [0.1, 0.15) is 0 Å². The van der Waals surface area contributed by atoms with Crippen molar-refractivity contribution in [2.75, 3.05) is 5.32 Å². The molecule has 4 nitrogen and oxygen atoms in total. The number of nitrogens with one attached hydrogen (secondary N) is 2. The summed E-state index contributed by atoms with van der Waals surface area (Å²) in [6.07, 6.45) is 0. The molecule has 1 heterocycles. The molecule has 0 aliphatic rings. The normalized spacial score (nSPS) is 10.8. The lowest BCUT2D eigenvalue weighted by Gasteiger charge is -2.14. The molecule has 118 valence electrons. The Hall–Kier alpha value is -2.16. The molecule has 0 saturated heterocycles. The molecular weight excluding hydrogens is 417 g/mol. The first kappa shape index (κ1) is 15.7. The van der Waals surface area contributed by atoms with Gasteiger partial charge in [0.25, 0.3) is 5.56 Å². The summed E-state index contributed by atoms with van der Waals surface area (Å²) in [5.41, 5.74) is 1.22. The number of aromatic nitrogens is 1. The second-order valence-corrected chi connectivity index (χ2v) is 6.19. The second kappa shape index (κ2) is 6.15. The van der Waals surface area contributed by atoms with Gasteiger partial charge >= 0.3 is 0 Å². The van der Waals surface area contributed by atoms with Gasteiger partial charge in [0.15, 0.2) is 17.4 Å². The number of aryl methyl sites for hydroxylation is 1. The monoisotopic (exact) mass is 428 g/mol. The Balaban J connectivity index is 2.13. The molecule has 1 aromatic heterocycles. The maximum atomic E-state index is 14.3. The smallest absolute Gasteiger partial charge is 0.280 e. The van der Waals surface area contributed by atoms with Gasteiger partial charge in [-0.25, -0.2) is 8.78 Å². The Morgan fingerprint density at radius 3 is 2.61 bits per heavy atom. The lowest BCUT2D eigenvalue weighted by Crippen LogP contribution is -2.01. The molecule has 0 aliphatic heterocycles. The van der Waals surface area contributed by atoms with Crippen molar-refractivity contribution in [3.05, 3.63) is 67.5 Å². The van der Waals surface area contributed by atoms with E-state index in [1.54, 1.807) is 6.07 Å². The summed E-state index contributed by atoms with van der Waals surface area (Å²) in [4.78, 5) is 11.2. The molecule has 3 aromatic rings. The summed E-state index contributed by atoms with van der Waals surface area (Å²) in [5, 5.41) is 5.03. The first-order chi connectivity index (χ1) is 11.0. The van der Waals surface area contributed by atoms with E-state index < -0.39 is 17.2 Å². The van der Waals surface area contributed by atoms with E-state index in [0.29, 0.717) is 5.69 Å². The minimum atomic E-state index is -1.04. The Kier molecular flexibility index (Phi) is 4.20. The maximum Gasteiger partial charge on any atom is 0.280 e. The number of hydrogen-bond donors (Lipinski definition) is 2. The molecule has 0 radical (unpaired) electrons. The van der Waals surface area contributed by atoms with Crippen LogP contribution < -0.4 is 10.9 Å². The Bertz CT molecular complexity index is 934. The number of anilines is 2. The second-order valence-electron chi connectivity index (χ2n) is 4.95. The Morgan fingerprint density at radius 1 is 1.17 bits per heavy atom. The zero-order valence-electron chi connectivity index (χ0n) is 11.9. The van der Waals surface area contributed by atoms with E-state index in [-0.39, 0.29) is 17.0 Å². The standard InChI is InChI=1S/C16H11F2IN2O2/c1-8-6-9(19)2-5-12(8)20-16-10(3-4-11(17)15(16)18)13-7-14(22)21-23-13/h2-7,20H,1H3,(H,21,22). The molecule has 3 rings (SSSR count). The van der Waals surface area contributed by atoms with Crippen LogP contribution in [-0.2, 0) is 0 Å². The summed E-state index contributed by atoms with van der Waals surface area (Å²) in [5.74, 6) is -1.90. The van der Waals surface area contributed by atoms with Crippen molar-refractivity contribution < 1.29 is 13.3 Å². The highest BCUT2D eigenvalue weighted by Crippen LogP contribution is 2.34. The molecule has 0 spiro atoms. The van der Waals surface area contributed by atoms with Crippen LogP contribution in [-0.4, -0.2) is 5.16 Å². The molecule has 0 amide bonds. The fourth-order valence-corrected chi connectivity index (χ4v) is 2.84. The molecule has 0 fully saturated rings. The lowest BCUT2D eigenvalue weighted by molar-refractivity contribution is 0.425. The Labute approximate surface area is 143 Å². The van der Waals surface area contributed by atoms with Crippen LogP contribution in [0.1, 0.15) is 5.56 Å². The number of benzene rings is 2. The van der Waals surface area contributed by atoms with Gasteiger partial charge in [-0.15, -0.1) is 0 Å². The fourth-order valence-electron chi connectivity index (χ4n) is 2.20. The van der Waals surface area contributed by atoms with Crippen LogP contribution >= 0.6 is 22.6 Å². The zero-order valence-corrected chi connectivity index (χ0v) is 14.1. The van der Waals surface area contributed by atoms with Crippen molar-refractivity contribution in [3.8, 4) is 11.3 Å². The predicted octanol–water partition coefficient (Wildman–Crippen LogP) is 4.57. The van der Waals surface area contributed by atoms with Crippen LogP contribution in [0.25, 0.3) is 11.3 Å². The number of rotatable bonds is 3. The molecular formula is C16H11F2IN2O2. The van der Waals surface area contributed by atoms with Crippen LogP contribution in [0.2, 0.25) is 0 Å². The third-order valence-corrected chi connectivity index (χ3v) is 4.00. The molecule has 2 N–H and O–H groups in total. The van der Waals surface area contributed by atoms with Gasteiger partial charge in [-0.2, -0.15) is 5.16 Å². The van der Waals surface area contributed by atoms with Crippen LogP contribution in [0, 0.1) is 22.1 Å². The highest BCUT2D eigenvalue weighted by Gasteiger charge is 2.18. The molecule has 0 bridgehead atoms. The van der Waals surface area contributed by atoms with Gasteiger partial charge in [-0.05, 0) is 65.4 Å². The van der Waals surface area contributed by atoms with E-state index in [1.807, 2.05) is 19.1 Å². The predicted molar refractivity (Wildman–Crippen MR) is 91.9 cm³/mol. The minimum absolute atomic E-state index is 0.0861. The largest absolute Gasteiger partial charge is 0.378 e. The van der Waals surface area contributed by atoms with Gasteiger partial charge in [-0.1, -0.05) is 0 Å². The fraction of sp³-hybridized carbons (Fsp3) is 0.0625. The van der Waals surface area contributed by atoms with Crippen molar-refractivity contribution in [2.45, 2.75) is 6.92 Å². The zero-order chi connectivity index (χ0) is 16.6. The van der Waals surface area contributed by atoms with Crippen LogP contribution in [0.15, 0.2) is 45.7 Å². The summed E-state index contributed by atoms with van der Waals surface area (Å²) in [7, 11) is 0. The average Bonchev–Trinajstić information content (AvgIpc) is 2.93. The number of halogens is 3. The number of aromatic amines is 1. The van der Waals surface area contributed by atoms with Crippen molar-refractivity contribution >= 4 is 34.0 Å². The minimum Gasteiger partial charge on any atom is -0.378 e. The summed E-state index contributed by atoms with van der Waals surface area (Å²) < 4.78 is 33.9. The van der Waals surface area contributed by atoms with Gasteiger partial charge in [0.2, 0.25) is 0 Å². The summed E-state index contributed by atoms with van der Waals surface area (Å²) in [6, 6.07) is 9.06. The molecule has 0 aliphatic carbocycles. The molecule has 0 atom stereocenters. The van der Waals surface area contributed by atoms with E-state index in [2.05, 4.69) is 33.1 Å². The quantitative estimate of drug-likeness (QED) is 0.602. The third-order valence-electron chi connectivity index (χ3n) is 3.33. The van der Waals surface area contributed by atoms with Crippen LogP contribution in [0.4, 0.5) is 20.2 Å². The SMILES string of the molecule is Cc1cc(I)ccc1Nc1c(-c2cc(=O)[nH]o2)ccc(F)c1F. The first-order valence-corrected chi connectivity index (χ1v) is 7.73. The molecule has 7 heteroatoms. The first-order valence-electron chi connectivity index (χ1n) is 6.66.